The minimum atomic E-state index is -0.148. The maximum Gasteiger partial charge on any atom is 0.330 e. The van der Waals surface area contributed by atoms with E-state index in [-0.39, 0.29) is 5.97 Å². The zero-order valence-electron chi connectivity index (χ0n) is 8.08. The van der Waals surface area contributed by atoms with Crippen LogP contribution in [-0.2, 0) is 9.53 Å². The van der Waals surface area contributed by atoms with Gasteiger partial charge in [-0.05, 0) is 44.4 Å². The molecule has 0 N–H and O–H groups in total. The smallest absolute Gasteiger partial charge is 0.330 e. The van der Waals surface area contributed by atoms with Gasteiger partial charge in [0.25, 0.3) is 0 Å². The average molecular weight is 180 g/mol. The van der Waals surface area contributed by atoms with Crippen LogP contribution in [0.5, 0.6) is 0 Å². The number of carbonyl (C=O) groups excluding carboxylic acids is 1. The summed E-state index contributed by atoms with van der Waals surface area (Å²) in [5, 5.41) is 0. The van der Waals surface area contributed by atoms with E-state index in [2.05, 4.69) is 0 Å². The van der Waals surface area contributed by atoms with E-state index in [1.54, 1.807) is 6.08 Å². The highest BCUT2D eigenvalue weighted by molar-refractivity contribution is 5.83. The Morgan fingerprint density at radius 3 is 3.00 bits per heavy atom. The number of rotatable bonds is 2. The van der Waals surface area contributed by atoms with Gasteiger partial charge in [-0.2, -0.15) is 0 Å². The van der Waals surface area contributed by atoms with Crippen molar-refractivity contribution in [1.29, 1.82) is 0 Å². The fraction of sp³-hybridized carbons (Fsp3) is 0.727. The standard InChI is InChI=1S/C11H16O2/c1-2-13-11(12)7-10-6-8-3-4-9(10)5-8/h7-9H,2-6H2,1H3/b10-7+. The second-order valence-corrected chi connectivity index (χ2v) is 4.05. The average Bonchev–Trinajstić information content (AvgIpc) is 2.65. The molecule has 0 aromatic rings. The van der Waals surface area contributed by atoms with E-state index in [1.807, 2.05) is 6.92 Å². The number of allylic oxidation sites excluding steroid dienone is 1. The maximum absolute atomic E-state index is 11.2. The van der Waals surface area contributed by atoms with Crippen LogP contribution in [0, 0.1) is 11.8 Å². The molecule has 2 fully saturated rings. The molecule has 0 aliphatic heterocycles. The Bertz CT molecular complexity index is 242. The summed E-state index contributed by atoms with van der Waals surface area (Å²) in [6.07, 6.45) is 6.84. The molecule has 2 aliphatic carbocycles. The second-order valence-electron chi connectivity index (χ2n) is 4.05. The molecular weight excluding hydrogens is 164 g/mol. The van der Waals surface area contributed by atoms with Gasteiger partial charge in [0.05, 0.1) is 6.61 Å². The van der Waals surface area contributed by atoms with Gasteiger partial charge in [0.15, 0.2) is 0 Å². The van der Waals surface area contributed by atoms with Crippen molar-refractivity contribution in [3.05, 3.63) is 11.6 Å². The highest BCUT2D eigenvalue weighted by Gasteiger charge is 2.35. The van der Waals surface area contributed by atoms with Gasteiger partial charge in [-0.1, -0.05) is 5.57 Å². The zero-order valence-corrected chi connectivity index (χ0v) is 8.08. The van der Waals surface area contributed by atoms with E-state index < -0.39 is 0 Å². The van der Waals surface area contributed by atoms with Gasteiger partial charge in [0, 0.05) is 6.08 Å². The molecule has 0 saturated heterocycles. The van der Waals surface area contributed by atoms with Gasteiger partial charge in [0.2, 0.25) is 0 Å². The van der Waals surface area contributed by atoms with Gasteiger partial charge in [0.1, 0.15) is 0 Å². The lowest BCUT2D eigenvalue weighted by molar-refractivity contribution is -0.137. The predicted molar refractivity (Wildman–Crippen MR) is 50.2 cm³/mol. The molecule has 72 valence electrons. The predicted octanol–water partition coefficient (Wildman–Crippen LogP) is 2.30. The van der Waals surface area contributed by atoms with Crippen molar-refractivity contribution in [1.82, 2.24) is 0 Å². The first-order chi connectivity index (χ1) is 6.29. The molecule has 0 aromatic heterocycles. The van der Waals surface area contributed by atoms with Crippen molar-refractivity contribution in [2.45, 2.75) is 32.6 Å². The summed E-state index contributed by atoms with van der Waals surface area (Å²) >= 11 is 0. The Hall–Kier alpha value is -0.790. The number of carbonyl (C=O) groups is 1. The molecule has 2 nitrogen and oxygen atoms in total. The summed E-state index contributed by atoms with van der Waals surface area (Å²) in [6, 6.07) is 0. The van der Waals surface area contributed by atoms with Crippen LogP contribution >= 0.6 is 0 Å². The third-order valence-electron chi connectivity index (χ3n) is 3.18. The first kappa shape index (κ1) is 8.79. The van der Waals surface area contributed by atoms with Crippen molar-refractivity contribution in [2.75, 3.05) is 6.61 Å². The Kier molecular flexibility index (Phi) is 2.38. The molecule has 2 heteroatoms. The molecule has 2 aliphatic rings. The normalized spacial score (nSPS) is 34.1. The number of hydrogen-bond donors (Lipinski definition) is 0. The topological polar surface area (TPSA) is 26.3 Å². The molecule has 0 amide bonds. The largest absolute Gasteiger partial charge is 0.463 e. The lowest BCUT2D eigenvalue weighted by Crippen LogP contribution is -2.05. The molecule has 2 rings (SSSR count). The van der Waals surface area contributed by atoms with Crippen LogP contribution in [0.25, 0.3) is 0 Å². The van der Waals surface area contributed by atoms with E-state index in [1.165, 1.54) is 24.8 Å². The second kappa shape index (κ2) is 3.52. The minimum Gasteiger partial charge on any atom is -0.463 e. The summed E-state index contributed by atoms with van der Waals surface area (Å²) in [4.78, 5) is 11.2. The Morgan fingerprint density at radius 1 is 1.62 bits per heavy atom. The van der Waals surface area contributed by atoms with E-state index >= 15 is 0 Å². The van der Waals surface area contributed by atoms with Crippen molar-refractivity contribution in [2.24, 2.45) is 11.8 Å². The third-order valence-corrected chi connectivity index (χ3v) is 3.18. The molecule has 13 heavy (non-hydrogen) atoms. The molecular formula is C11H16O2. The van der Waals surface area contributed by atoms with Gasteiger partial charge in [-0.3, -0.25) is 0 Å². The number of fused-ring (bicyclic) bond motifs is 2. The lowest BCUT2D eigenvalue weighted by Gasteiger charge is -2.12. The zero-order chi connectivity index (χ0) is 9.26. The van der Waals surface area contributed by atoms with Crippen LogP contribution in [0.15, 0.2) is 11.6 Å². The van der Waals surface area contributed by atoms with Gasteiger partial charge >= 0.3 is 5.97 Å². The SMILES string of the molecule is CCOC(=O)/C=C1\CC2CCC1C2. The van der Waals surface area contributed by atoms with Crippen molar-refractivity contribution >= 4 is 5.97 Å². The summed E-state index contributed by atoms with van der Waals surface area (Å²) in [5.41, 5.74) is 1.34. The van der Waals surface area contributed by atoms with Crippen LogP contribution in [0.2, 0.25) is 0 Å². The highest BCUT2D eigenvalue weighted by atomic mass is 16.5. The van der Waals surface area contributed by atoms with Gasteiger partial charge < -0.3 is 4.74 Å². The molecule has 2 unspecified atom stereocenters. The number of ether oxygens (including phenoxy) is 1. The molecule has 0 aromatic carbocycles. The lowest BCUT2D eigenvalue weighted by atomic mass is 9.94. The Balaban J connectivity index is 1.97. The number of hydrogen-bond acceptors (Lipinski definition) is 2. The fourth-order valence-corrected chi connectivity index (χ4v) is 2.61. The van der Waals surface area contributed by atoms with Crippen molar-refractivity contribution in [3.8, 4) is 0 Å². The molecule has 2 atom stereocenters. The molecule has 0 spiro atoms. The summed E-state index contributed by atoms with van der Waals surface area (Å²) < 4.78 is 4.90. The van der Waals surface area contributed by atoms with Crippen LogP contribution in [-0.4, -0.2) is 12.6 Å². The van der Waals surface area contributed by atoms with E-state index in [9.17, 15) is 4.79 Å². The van der Waals surface area contributed by atoms with Crippen molar-refractivity contribution < 1.29 is 9.53 Å². The first-order valence-electron chi connectivity index (χ1n) is 5.16. The molecule has 0 heterocycles. The third kappa shape index (κ3) is 1.77. The maximum atomic E-state index is 11.2. The quantitative estimate of drug-likeness (QED) is 0.481. The first-order valence-corrected chi connectivity index (χ1v) is 5.16. The summed E-state index contributed by atoms with van der Waals surface area (Å²) in [5.74, 6) is 1.42. The van der Waals surface area contributed by atoms with E-state index in [0.717, 1.165) is 12.3 Å². The Labute approximate surface area is 79.0 Å². The Morgan fingerprint density at radius 2 is 2.46 bits per heavy atom. The van der Waals surface area contributed by atoms with E-state index in [4.69, 9.17) is 4.74 Å². The van der Waals surface area contributed by atoms with Gasteiger partial charge in [-0.25, -0.2) is 4.79 Å². The minimum absolute atomic E-state index is 0.148. The van der Waals surface area contributed by atoms with Crippen LogP contribution in [0.1, 0.15) is 32.6 Å². The van der Waals surface area contributed by atoms with Crippen molar-refractivity contribution in [3.63, 3.8) is 0 Å². The van der Waals surface area contributed by atoms with Crippen LogP contribution in [0.3, 0.4) is 0 Å². The molecule has 0 radical (unpaired) electrons. The highest BCUT2D eigenvalue weighted by Crippen LogP contribution is 2.47. The summed E-state index contributed by atoms with van der Waals surface area (Å²) in [7, 11) is 0. The van der Waals surface area contributed by atoms with Crippen LogP contribution in [0.4, 0.5) is 0 Å². The monoisotopic (exact) mass is 180 g/mol. The number of esters is 1. The van der Waals surface area contributed by atoms with Gasteiger partial charge in [-0.15, -0.1) is 0 Å². The summed E-state index contributed by atoms with van der Waals surface area (Å²) in [6.45, 7) is 2.33. The van der Waals surface area contributed by atoms with E-state index in [0.29, 0.717) is 12.5 Å². The van der Waals surface area contributed by atoms with Crippen LogP contribution < -0.4 is 0 Å². The molecule has 2 saturated carbocycles. The fourth-order valence-electron chi connectivity index (χ4n) is 2.61. The molecule has 2 bridgehead atoms.